The summed E-state index contributed by atoms with van der Waals surface area (Å²) in [5.74, 6) is -0.134. The molecule has 0 radical (unpaired) electrons. The van der Waals surface area contributed by atoms with Gasteiger partial charge in [0.2, 0.25) is 5.22 Å². The summed E-state index contributed by atoms with van der Waals surface area (Å²) < 4.78 is 9.76. The van der Waals surface area contributed by atoms with E-state index in [4.69, 9.17) is 20.8 Å². The fraction of sp³-hybridized carbons (Fsp3) is 0.500. The molecule has 0 aliphatic rings. The lowest BCUT2D eigenvalue weighted by Gasteiger charge is -2.15. The lowest BCUT2D eigenvalue weighted by Crippen LogP contribution is -2.28. The molecule has 15 heavy (non-hydrogen) atoms. The minimum atomic E-state index is -0.134. The van der Waals surface area contributed by atoms with E-state index >= 15 is 0 Å². The van der Waals surface area contributed by atoms with Crippen LogP contribution in [0.2, 0.25) is 5.22 Å². The lowest BCUT2D eigenvalue weighted by molar-refractivity contribution is 0.0779. The Balaban J connectivity index is 2.50. The van der Waals surface area contributed by atoms with Gasteiger partial charge in [-0.05, 0) is 24.1 Å². The molecule has 0 spiro atoms. The highest BCUT2D eigenvalue weighted by Crippen LogP contribution is 2.18. The van der Waals surface area contributed by atoms with Crippen LogP contribution in [0.1, 0.15) is 16.8 Å². The average molecular weight is 232 g/mol. The van der Waals surface area contributed by atoms with Gasteiger partial charge in [-0.15, -0.1) is 0 Å². The summed E-state index contributed by atoms with van der Waals surface area (Å²) in [6.45, 7) is 1.27. The smallest absolute Gasteiger partial charge is 0.258 e. The Morgan fingerprint density at radius 3 is 2.93 bits per heavy atom. The van der Waals surface area contributed by atoms with Crippen LogP contribution >= 0.6 is 11.6 Å². The first-order chi connectivity index (χ1) is 7.16. The minimum absolute atomic E-state index is 0.134. The molecule has 5 heteroatoms. The molecule has 0 fully saturated rings. The Morgan fingerprint density at radius 2 is 2.40 bits per heavy atom. The minimum Gasteiger partial charge on any atom is -0.452 e. The molecular weight excluding hydrogens is 218 g/mol. The molecule has 0 saturated carbocycles. The van der Waals surface area contributed by atoms with E-state index in [1.54, 1.807) is 25.1 Å². The van der Waals surface area contributed by atoms with E-state index in [1.807, 2.05) is 0 Å². The first-order valence-electron chi connectivity index (χ1n) is 4.64. The zero-order valence-electron chi connectivity index (χ0n) is 8.83. The van der Waals surface area contributed by atoms with E-state index in [0.717, 1.165) is 6.42 Å². The number of carbonyl (C=O) groups is 1. The number of ether oxygens (including phenoxy) is 1. The van der Waals surface area contributed by atoms with E-state index in [1.165, 1.54) is 6.26 Å². The zero-order valence-corrected chi connectivity index (χ0v) is 9.58. The number of carbonyl (C=O) groups excluding carboxylic acids is 1. The van der Waals surface area contributed by atoms with Crippen molar-refractivity contribution < 1.29 is 13.9 Å². The molecule has 1 rings (SSSR count). The molecule has 0 saturated heterocycles. The first-order valence-corrected chi connectivity index (χ1v) is 5.02. The summed E-state index contributed by atoms with van der Waals surface area (Å²) in [4.78, 5) is 13.4. The molecule has 0 aliphatic carbocycles. The standard InChI is InChI=1S/C10H14ClNO3/c1-12(5-3-6-14-2)10(13)8-4-7-15-9(8)11/h4,7H,3,5-6H2,1-2H3. The Bertz CT molecular complexity index is 324. The average Bonchev–Trinajstić information content (AvgIpc) is 2.63. The monoisotopic (exact) mass is 231 g/mol. The number of amides is 1. The van der Waals surface area contributed by atoms with E-state index < -0.39 is 0 Å². The maximum absolute atomic E-state index is 11.8. The molecule has 0 unspecified atom stereocenters. The zero-order chi connectivity index (χ0) is 11.3. The molecule has 1 aromatic heterocycles. The third kappa shape index (κ3) is 3.25. The van der Waals surface area contributed by atoms with Gasteiger partial charge in [0.25, 0.3) is 5.91 Å². The summed E-state index contributed by atoms with van der Waals surface area (Å²) in [5.41, 5.74) is 0.400. The highest BCUT2D eigenvalue weighted by Gasteiger charge is 2.16. The predicted molar refractivity (Wildman–Crippen MR) is 57.2 cm³/mol. The highest BCUT2D eigenvalue weighted by atomic mass is 35.5. The van der Waals surface area contributed by atoms with Gasteiger partial charge in [0.15, 0.2) is 0 Å². The predicted octanol–water partition coefficient (Wildman–Crippen LogP) is 2.04. The molecule has 0 N–H and O–H groups in total. The Labute approximate surface area is 93.8 Å². The van der Waals surface area contributed by atoms with Crippen LogP contribution in [0.5, 0.6) is 0 Å². The summed E-state index contributed by atoms with van der Waals surface area (Å²) >= 11 is 5.70. The normalized spacial score (nSPS) is 10.3. The van der Waals surface area contributed by atoms with Crippen molar-refractivity contribution in [3.63, 3.8) is 0 Å². The van der Waals surface area contributed by atoms with Crippen LogP contribution in [-0.4, -0.2) is 38.1 Å². The third-order valence-corrected chi connectivity index (χ3v) is 2.33. The van der Waals surface area contributed by atoms with Gasteiger partial charge in [0.1, 0.15) is 0 Å². The van der Waals surface area contributed by atoms with Crippen molar-refractivity contribution in [1.82, 2.24) is 4.90 Å². The van der Waals surface area contributed by atoms with Gasteiger partial charge < -0.3 is 14.1 Å². The quantitative estimate of drug-likeness (QED) is 0.729. The number of nitrogens with zero attached hydrogens (tertiary/aromatic N) is 1. The SMILES string of the molecule is COCCCN(C)C(=O)c1ccoc1Cl. The number of hydrogen-bond acceptors (Lipinski definition) is 3. The van der Waals surface area contributed by atoms with Crippen LogP contribution in [0.15, 0.2) is 16.7 Å². The molecule has 0 aliphatic heterocycles. The molecule has 0 atom stereocenters. The highest BCUT2D eigenvalue weighted by molar-refractivity contribution is 6.32. The van der Waals surface area contributed by atoms with Crippen molar-refractivity contribution in [3.8, 4) is 0 Å². The number of methoxy groups -OCH3 is 1. The van der Waals surface area contributed by atoms with E-state index in [-0.39, 0.29) is 11.1 Å². The van der Waals surface area contributed by atoms with Crippen LogP contribution in [0, 0.1) is 0 Å². The second-order valence-corrected chi connectivity index (χ2v) is 3.52. The number of halogens is 1. The number of rotatable bonds is 5. The van der Waals surface area contributed by atoms with Gasteiger partial charge in [-0.25, -0.2) is 0 Å². The van der Waals surface area contributed by atoms with Crippen LogP contribution in [0.25, 0.3) is 0 Å². The molecular formula is C10H14ClNO3. The topological polar surface area (TPSA) is 42.7 Å². The molecule has 1 heterocycles. The molecule has 4 nitrogen and oxygen atoms in total. The lowest BCUT2D eigenvalue weighted by atomic mass is 10.3. The van der Waals surface area contributed by atoms with Gasteiger partial charge in [-0.1, -0.05) is 0 Å². The second kappa shape index (κ2) is 5.78. The summed E-state index contributed by atoms with van der Waals surface area (Å²) in [7, 11) is 3.36. The molecule has 0 bridgehead atoms. The van der Waals surface area contributed by atoms with Crippen molar-refractivity contribution in [3.05, 3.63) is 23.1 Å². The Morgan fingerprint density at radius 1 is 1.67 bits per heavy atom. The van der Waals surface area contributed by atoms with Crippen molar-refractivity contribution in [2.45, 2.75) is 6.42 Å². The van der Waals surface area contributed by atoms with Gasteiger partial charge in [-0.3, -0.25) is 4.79 Å². The largest absolute Gasteiger partial charge is 0.452 e. The van der Waals surface area contributed by atoms with E-state index in [2.05, 4.69) is 0 Å². The van der Waals surface area contributed by atoms with Crippen LogP contribution in [-0.2, 0) is 4.74 Å². The van der Waals surface area contributed by atoms with Gasteiger partial charge in [0.05, 0.1) is 11.8 Å². The van der Waals surface area contributed by atoms with E-state index in [0.29, 0.717) is 18.7 Å². The van der Waals surface area contributed by atoms with Crippen molar-refractivity contribution in [2.24, 2.45) is 0 Å². The molecule has 84 valence electrons. The molecule has 0 aromatic carbocycles. The molecule has 1 aromatic rings. The van der Waals surface area contributed by atoms with Crippen molar-refractivity contribution >= 4 is 17.5 Å². The first kappa shape index (κ1) is 12.1. The Hall–Kier alpha value is -1.00. The van der Waals surface area contributed by atoms with Crippen molar-refractivity contribution in [2.75, 3.05) is 27.3 Å². The third-order valence-electron chi connectivity index (χ3n) is 2.04. The van der Waals surface area contributed by atoms with Crippen molar-refractivity contribution in [1.29, 1.82) is 0 Å². The van der Waals surface area contributed by atoms with Gasteiger partial charge in [0, 0.05) is 27.3 Å². The summed E-state index contributed by atoms with van der Waals surface area (Å²) in [6, 6.07) is 1.57. The number of furan rings is 1. The van der Waals surface area contributed by atoms with E-state index in [9.17, 15) is 4.79 Å². The van der Waals surface area contributed by atoms with Gasteiger partial charge in [-0.2, -0.15) is 0 Å². The maximum Gasteiger partial charge on any atom is 0.258 e. The van der Waals surface area contributed by atoms with Crippen LogP contribution in [0.4, 0.5) is 0 Å². The Kier molecular flexibility index (Phi) is 4.65. The summed E-state index contributed by atoms with van der Waals surface area (Å²) in [6.07, 6.45) is 2.20. The fourth-order valence-corrected chi connectivity index (χ4v) is 1.39. The summed E-state index contributed by atoms with van der Waals surface area (Å²) in [5, 5.41) is 0.138. The fourth-order valence-electron chi connectivity index (χ4n) is 1.20. The number of hydrogen-bond donors (Lipinski definition) is 0. The molecule has 1 amide bonds. The van der Waals surface area contributed by atoms with Crippen LogP contribution in [0.3, 0.4) is 0 Å². The van der Waals surface area contributed by atoms with Gasteiger partial charge >= 0.3 is 0 Å². The van der Waals surface area contributed by atoms with Crippen LogP contribution < -0.4 is 0 Å². The maximum atomic E-state index is 11.8. The second-order valence-electron chi connectivity index (χ2n) is 3.18.